The van der Waals surface area contributed by atoms with Crippen molar-refractivity contribution in [2.24, 2.45) is 0 Å². The van der Waals surface area contributed by atoms with Crippen molar-refractivity contribution in [2.45, 2.75) is 25.8 Å². The highest BCUT2D eigenvalue weighted by Gasteiger charge is 2.54. The molecule has 1 unspecified atom stereocenters. The van der Waals surface area contributed by atoms with Gasteiger partial charge in [-0.2, -0.15) is 5.26 Å². The van der Waals surface area contributed by atoms with Crippen LogP contribution in [-0.2, 0) is 15.1 Å². The van der Waals surface area contributed by atoms with E-state index in [0.29, 0.717) is 11.1 Å². The lowest BCUT2D eigenvalue weighted by molar-refractivity contribution is -0.137. The van der Waals surface area contributed by atoms with Gasteiger partial charge in [0.25, 0.3) is 5.91 Å². The van der Waals surface area contributed by atoms with Crippen LogP contribution < -0.4 is 5.32 Å². The highest BCUT2D eigenvalue weighted by atomic mass is 16.2. The Hall–Kier alpha value is -3.66. The second-order valence-corrected chi connectivity index (χ2v) is 7.46. The molecule has 4 amide bonds. The number of hydrogen-bond acceptors (Lipinski definition) is 4. The number of aryl methyl sites for hydroxylation is 2. The summed E-state index contributed by atoms with van der Waals surface area (Å²) in [4.78, 5) is 41.3. The maximum Gasteiger partial charge on any atom is 0.326 e. The van der Waals surface area contributed by atoms with Crippen LogP contribution >= 0.6 is 0 Å². The smallest absolute Gasteiger partial charge is 0.326 e. The van der Waals surface area contributed by atoms with Gasteiger partial charge in [-0.1, -0.05) is 48.5 Å². The zero-order valence-electron chi connectivity index (χ0n) is 17.3. The molecular weight excluding hydrogens is 380 g/mol. The average Bonchev–Trinajstić information content (AvgIpc) is 3.00. The minimum Gasteiger partial charge on any atom is -0.343 e. The van der Waals surface area contributed by atoms with E-state index in [4.69, 9.17) is 5.26 Å². The van der Waals surface area contributed by atoms with Gasteiger partial charge in [0.1, 0.15) is 6.54 Å². The highest BCUT2D eigenvalue weighted by molar-refractivity contribution is 6.11. The van der Waals surface area contributed by atoms with Crippen molar-refractivity contribution in [3.63, 3.8) is 0 Å². The number of benzene rings is 2. The van der Waals surface area contributed by atoms with E-state index in [-0.39, 0.29) is 19.5 Å². The topological polar surface area (TPSA) is 93.5 Å². The molecule has 7 nitrogen and oxygen atoms in total. The van der Waals surface area contributed by atoms with Crippen molar-refractivity contribution >= 4 is 17.8 Å². The lowest BCUT2D eigenvalue weighted by Gasteiger charge is -2.28. The summed E-state index contributed by atoms with van der Waals surface area (Å²) < 4.78 is 0. The molecule has 0 bridgehead atoms. The summed E-state index contributed by atoms with van der Waals surface area (Å²) in [5, 5.41) is 11.6. The van der Waals surface area contributed by atoms with Crippen LogP contribution in [0.4, 0.5) is 4.79 Å². The first-order chi connectivity index (χ1) is 14.3. The number of rotatable bonds is 6. The van der Waals surface area contributed by atoms with Crippen LogP contribution in [0.3, 0.4) is 0 Å². The lowest BCUT2D eigenvalue weighted by Crippen LogP contribution is -2.46. The molecule has 1 atom stereocenters. The second-order valence-electron chi connectivity index (χ2n) is 7.46. The fraction of sp³-hybridized carbons (Fsp3) is 0.304. The number of hydrogen-bond donors (Lipinski definition) is 1. The average molecular weight is 404 g/mol. The summed E-state index contributed by atoms with van der Waals surface area (Å²) in [5.74, 6) is -0.901. The van der Waals surface area contributed by atoms with E-state index in [2.05, 4.69) is 5.32 Å². The van der Waals surface area contributed by atoms with Gasteiger partial charge in [0.05, 0.1) is 12.5 Å². The van der Waals surface area contributed by atoms with Crippen LogP contribution in [0.15, 0.2) is 48.5 Å². The van der Waals surface area contributed by atoms with E-state index >= 15 is 0 Å². The molecule has 0 aromatic heterocycles. The normalized spacial score (nSPS) is 18.1. The summed E-state index contributed by atoms with van der Waals surface area (Å²) in [6.45, 7) is 3.78. The van der Waals surface area contributed by atoms with E-state index in [1.807, 2.05) is 44.2 Å². The molecule has 1 fully saturated rings. The van der Waals surface area contributed by atoms with Gasteiger partial charge in [-0.05, 0) is 36.1 Å². The third-order valence-corrected chi connectivity index (χ3v) is 5.53. The lowest BCUT2D eigenvalue weighted by atomic mass is 9.81. The van der Waals surface area contributed by atoms with Gasteiger partial charge in [-0.15, -0.1) is 0 Å². The van der Waals surface area contributed by atoms with E-state index in [1.165, 1.54) is 4.90 Å². The van der Waals surface area contributed by atoms with Gasteiger partial charge in [-0.3, -0.25) is 14.5 Å². The number of carbonyl (C=O) groups excluding carboxylic acids is 3. The number of nitrogens with zero attached hydrogens (tertiary/aromatic N) is 3. The zero-order valence-corrected chi connectivity index (χ0v) is 17.3. The Balaban J connectivity index is 2.02. The van der Waals surface area contributed by atoms with Crippen LogP contribution in [0.1, 0.15) is 28.7 Å². The van der Waals surface area contributed by atoms with Crippen LogP contribution in [0.2, 0.25) is 0 Å². The Bertz CT molecular complexity index is 1030. The molecular formula is C23H24N4O3. The van der Waals surface area contributed by atoms with Crippen molar-refractivity contribution in [1.29, 1.82) is 5.26 Å². The largest absolute Gasteiger partial charge is 0.343 e. The van der Waals surface area contributed by atoms with Crippen LogP contribution in [0.25, 0.3) is 0 Å². The fourth-order valence-electron chi connectivity index (χ4n) is 3.54. The molecule has 0 radical (unpaired) electrons. The number of nitriles is 1. The summed E-state index contributed by atoms with van der Waals surface area (Å²) in [6, 6.07) is 16.0. The predicted octanol–water partition coefficient (Wildman–Crippen LogP) is 2.47. The van der Waals surface area contributed by atoms with Crippen LogP contribution in [-0.4, -0.2) is 47.8 Å². The monoisotopic (exact) mass is 404 g/mol. The Kier molecular flexibility index (Phi) is 5.88. The molecule has 2 aromatic rings. The molecule has 1 N–H and O–H groups in total. The van der Waals surface area contributed by atoms with E-state index in [0.717, 1.165) is 16.0 Å². The number of nitrogens with one attached hydrogen (secondary N) is 1. The van der Waals surface area contributed by atoms with Crippen molar-refractivity contribution in [1.82, 2.24) is 15.1 Å². The number of carbonyl (C=O) groups is 3. The molecule has 1 saturated heterocycles. The number of imide groups is 1. The van der Waals surface area contributed by atoms with Gasteiger partial charge in [-0.25, -0.2) is 4.79 Å². The van der Waals surface area contributed by atoms with E-state index in [9.17, 15) is 14.4 Å². The molecule has 0 aliphatic carbocycles. The standard InChI is InChI=1S/C23H24N4O3/c1-16-10-11-19(14-17(16)2)23(18-8-5-4-6-9-18)21(29)27(22(30)25-23)15-20(28)26(3)13-7-12-24/h4-6,8-11,14H,7,13,15H2,1-3H3,(H,25,30). The molecule has 0 saturated carbocycles. The van der Waals surface area contributed by atoms with Gasteiger partial charge in [0.2, 0.25) is 5.91 Å². The molecule has 0 spiro atoms. The van der Waals surface area contributed by atoms with E-state index in [1.54, 1.807) is 31.3 Å². The summed E-state index contributed by atoms with van der Waals surface area (Å²) in [6.07, 6.45) is 0.180. The first-order valence-corrected chi connectivity index (χ1v) is 9.69. The van der Waals surface area contributed by atoms with Gasteiger partial charge in [0.15, 0.2) is 5.54 Å². The first kappa shape index (κ1) is 21.1. The number of likely N-dealkylation sites (N-methyl/N-ethyl adjacent to an activating group) is 1. The van der Waals surface area contributed by atoms with Gasteiger partial charge >= 0.3 is 6.03 Å². The molecule has 1 aliphatic rings. The molecule has 154 valence electrons. The molecule has 30 heavy (non-hydrogen) atoms. The molecule has 3 rings (SSSR count). The fourth-order valence-corrected chi connectivity index (χ4v) is 3.54. The zero-order chi connectivity index (χ0) is 21.9. The van der Waals surface area contributed by atoms with Gasteiger partial charge in [0, 0.05) is 13.6 Å². The summed E-state index contributed by atoms with van der Waals surface area (Å²) in [7, 11) is 1.55. The SMILES string of the molecule is Cc1ccc(C2(c3ccccc3)NC(=O)N(CC(=O)N(C)CCC#N)C2=O)cc1C. The maximum atomic E-state index is 13.6. The summed E-state index contributed by atoms with van der Waals surface area (Å²) in [5.41, 5.74) is 1.94. The van der Waals surface area contributed by atoms with Crippen LogP contribution in [0, 0.1) is 25.2 Å². The quantitative estimate of drug-likeness (QED) is 0.749. The minimum absolute atomic E-state index is 0.180. The molecule has 1 aliphatic heterocycles. The Morgan fingerprint density at radius 2 is 1.80 bits per heavy atom. The van der Waals surface area contributed by atoms with Gasteiger partial charge < -0.3 is 10.2 Å². The number of urea groups is 1. The van der Waals surface area contributed by atoms with Crippen LogP contribution in [0.5, 0.6) is 0 Å². The number of amides is 4. The van der Waals surface area contributed by atoms with Crippen molar-refractivity contribution < 1.29 is 14.4 Å². The molecule has 7 heteroatoms. The molecule has 1 heterocycles. The highest BCUT2D eigenvalue weighted by Crippen LogP contribution is 2.36. The Morgan fingerprint density at radius 3 is 2.43 bits per heavy atom. The predicted molar refractivity (Wildman–Crippen MR) is 111 cm³/mol. The van der Waals surface area contributed by atoms with Crippen molar-refractivity contribution in [3.8, 4) is 6.07 Å². The first-order valence-electron chi connectivity index (χ1n) is 9.69. The molecule has 2 aromatic carbocycles. The van der Waals surface area contributed by atoms with Crippen molar-refractivity contribution in [3.05, 3.63) is 70.8 Å². The maximum absolute atomic E-state index is 13.6. The minimum atomic E-state index is -1.40. The van der Waals surface area contributed by atoms with E-state index < -0.39 is 23.4 Å². The van der Waals surface area contributed by atoms with Crippen molar-refractivity contribution in [2.75, 3.05) is 20.1 Å². The second kappa shape index (κ2) is 8.37. The third kappa shape index (κ3) is 3.64. The summed E-state index contributed by atoms with van der Waals surface area (Å²) >= 11 is 0. The third-order valence-electron chi connectivity index (χ3n) is 5.53. The Morgan fingerprint density at radius 1 is 1.10 bits per heavy atom. The Labute approximate surface area is 175 Å².